The van der Waals surface area contributed by atoms with Gasteiger partial charge in [-0.2, -0.15) is 0 Å². The minimum Gasteiger partial charge on any atom is -0.302 e. The quantitative estimate of drug-likeness (QED) is 0.712. The number of carbonyl (C=O) groups is 2. The summed E-state index contributed by atoms with van der Waals surface area (Å²) in [7, 11) is 0. The second kappa shape index (κ2) is 7.31. The van der Waals surface area contributed by atoms with Crippen molar-refractivity contribution >= 4 is 51.4 Å². The van der Waals surface area contributed by atoms with Gasteiger partial charge in [0.2, 0.25) is 11.8 Å². The van der Waals surface area contributed by atoms with E-state index in [4.69, 9.17) is 0 Å². The summed E-state index contributed by atoms with van der Waals surface area (Å²) >= 11 is 3.00. The van der Waals surface area contributed by atoms with Gasteiger partial charge in [0.05, 0.1) is 11.4 Å². The monoisotopic (exact) mass is 381 g/mol. The number of para-hydroxylation sites is 2. The summed E-state index contributed by atoms with van der Waals surface area (Å²) in [5.74, 6) is -0.305. The van der Waals surface area contributed by atoms with Crippen LogP contribution in [-0.2, 0) is 9.59 Å². The molecule has 1 aromatic heterocycles. The minimum atomic E-state index is -0.207. The molecule has 0 saturated carbocycles. The van der Waals surface area contributed by atoms with E-state index in [1.807, 2.05) is 48.5 Å². The molecule has 0 aliphatic carbocycles. The third-order valence-corrected chi connectivity index (χ3v) is 5.75. The standard InChI is InChI=1S/C19H15N3O2S2/c23-17(21-19-20-11-12-25-19)9-10-18(24)22-13-5-1-3-7-15(13)26-16-8-4-2-6-14(16)22/h1-8,11-12H,9-10H2,(H,20,21,23). The summed E-state index contributed by atoms with van der Waals surface area (Å²) in [4.78, 5) is 32.8. The van der Waals surface area contributed by atoms with Crippen LogP contribution in [0, 0.1) is 0 Å². The fraction of sp³-hybridized carbons (Fsp3) is 0.105. The number of nitrogens with one attached hydrogen (secondary N) is 1. The number of hydrogen-bond acceptors (Lipinski definition) is 5. The molecule has 0 unspecified atom stereocenters. The number of fused-ring (bicyclic) bond motifs is 2. The average molecular weight is 381 g/mol. The Hall–Kier alpha value is -2.64. The first-order chi connectivity index (χ1) is 12.7. The number of amides is 2. The Kier molecular flexibility index (Phi) is 4.73. The second-order valence-corrected chi connectivity index (χ2v) is 7.63. The van der Waals surface area contributed by atoms with E-state index in [1.54, 1.807) is 28.2 Å². The van der Waals surface area contributed by atoms with Crippen molar-refractivity contribution < 1.29 is 9.59 Å². The van der Waals surface area contributed by atoms with Gasteiger partial charge in [0.1, 0.15) is 0 Å². The highest BCUT2D eigenvalue weighted by Crippen LogP contribution is 2.48. The van der Waals surface area contributed by atoms with Crippen molar-refractivity contribution in [1.82, 2.24) is 4.98 Å². The molecule has 0 fully saturated rings. The van der Waals surface area contributed by atoms with Crippen molar-refractivity contribution in [3.8, 4) is 0 Å². The van der Waals surface area contributed by atoms with Crippen LogP contribution >= 0.6 is 23.1 Å². The lowest BCUT2D eigenvalue weighted by Crippen LogP contribution is -2.29. The average Bonchev–Trinajstić information content (AvgIpc) is 3.17. The number of carbonyl (C=O) groups excluding carboxylic acids is 2. The Morgan fingerprint density at radius 1 is 0.962 bits per heavy atom. The lowest BCUT2D eigenvalue weighted by Gasteiger charge is -2.31. The van der Waals surface area contributed by atoms with E-state index in [0.717, 1.165) is 21.2 Å². The minimum absolute atomic E-state index is 0.0977. The SMILES string of the molecule is O=C(CCC(=O)N1c2ccccc2Sc2ccccc21)Nc1nccs1. The van der Waals surface area contributed by atoms with Gasteiger partial charge in [-0.05, 0) is 24.3 Å². The molecule has 3 aromatic rings. The zero-order valence-corrected chi connectivity index (χ0v) is 15.3. The van der Waals surface area contributed by atoms with Crippen molar-refractivity contribution in [1.29, 1.82) is 0 Å². The van der Waals surface area contributed by atoms with E-state index in [0.29, 0.717) is 5.13 Å². The normalized spacial score (nSPS) is 12.2. The van der Waals surface area contributed by atoms with E-state index in [-0.39, 0.29) is 24.7 Å². The Bertz CT molecular complexity index is 911. The van der Waals surface area contributed by atoms with Gasteiger partial charge in [-0.1, -0.05) is 36.0 Å². The summed E-state index contributed by atoms with van der Waals surface area (Å²) in [5.41, 5.74) is 1.73. The molecular weight excluding hydrogens is 366 g/mol. The van der Waals surface area contributed by atoms with Crippen LogP contribution in [0.5, 0.6) is 0 Å². The lowest BCUT2D eigenvalue weighted by atomic mass is 10.2. The number of thiazole rings is 1. The summed E-state index contributed by atoms with van der Waals surface area (Å²) in [6.45, 7) is 0. The van der Waals surface area contributed by atoms with Crippen molar-refractivity contribution in [2.24, 2.45) is 0 Å². The largest absolute Gasteiger partial charge is 0.302 e. The molecule has 2 heterocycles. The molecule has 0 saturated heterocycles. The first-order valence-corrected chi connectivity index (χ1v) is 9.80. The molecule has 2 amide bonds. The molecule has 1 aliphatic rings. The molecule has 0 spiro atoms. The molecule has 4 rings (SSSR count). The number of hydrogen-bond donors (Lipinski definition) is 1. The van der Waals surface area contributed by atoms with Gasteiger partial charge in [-0.15, -0.1) is 11.3 Å². The molecule has 0 bridgehead atoms. The summed E-state index contributed by atoms with van der Waals surface area (Å²) < 4.78 is 0. The fourth-order valence-electron chi connectivity index (χ4n) is 2.77. The molecule has 1 N–H and O–H groups in total. The molecule has 1 aliphatic heterocycles. The van der Waals surface area contributed by atoms with Crippen LogP contribution < -0.4 is 10.2 Å². The van der Waals surface area contributed by atoms with Crippen LogP contribution in [0.25, 0.3) is 0 Å². The van der Waals surface area contributed by atoms with Gasteiger partial charge < -0.3 is 5.32 Å². The third kappa shape index (κ3) is 3.36. The zero-order chi connectivity index (χ0) is 17.9. The second-order valence-electron chi connectivity index (χ2n) is 5.65. The van der Waals surface area contributed by atoms with Crippen LogP contribution in [-0.4, -0.2) is 16.8 Å². The predicted octanol–water partition coefficient (Wildman–Crippen LogP) is 4.69. The number of benzene rings is 2. The van der Waals surface area contributed by atoms with E-state index < -0.39 is 0 Å². The summed E-state index contributed by atoms with van der Waals surface area (Å²) in [6, 6.07) is 15.6. The number of anilines is 3. The smallest absolute Gasteiger partial charge is 0.232 e. The van der Waals surface area contributed by atoms with Crippen LogP contribution in [0.15, 0.2) is 69.9 Å². The van der Waals surface area contributed by atoms with Gasteiger partial charge in [-0.3, -0.25) is 14.5 Å². The first-order valence-electron chi connectivity index (χ1n) is 8.10. The van der Waals surface area contributed by atoms with E-state index in [1.165, 1.54) is 11.3 Å². The van der Waals surface area contributed by atoms with Crippen LogP contribution in [0.1, 0.15) is 12.8 Å². The topological polar surface area (TPSA) is 62.3 Å². The number of aromatic nitrogens is 1. The number of rotatable bonds is 4. The first kappa shape index (κ1) is 16.8. The molecule has 7 heteroatoms. The Morgan fingerprint density at radius 2 is 1.62 bits per heavy atom. The van der Waals surface area contributed by atoms with Crippen molar-refractivity contribution in [3.05, 3.63) is 60.1 Å². The maximum atomic E-state index is 13.0. The molecule has 130 valence electrons. The summed E-state index contributed by atoms with van der Waals surface area (Å²) in [6.07, 6.45) is 1.88. The Balaban J connectivity index is 1.53. The zero-order valence-electron chi connectivity index (χ0n) is 13.7. The van der Waals surface area contributed by atoms with Gasteiger partial charge in [0.25, 0.3) is 0 Å². The van der Waals surface area contributed by atoms with Gasteiger partial charge in [0.15, 0.2) is 5.13 Å². The Morgan fingerprint density at radius 3 is 2.23 bits per heavy atom. The van der Waals surface area contributed by atoms with E-state index in [9.17, 15) is 9.59 Å². The maximum absolute atomic E-state index is 13.0. The lowest BCUT2D eigenvalue weighted by molar-refractivity contribution is -0.122. The highest BCUT2D eigenvalue weighted by atomic mass is 32.2. The highest BCUT2D eigenvalue weighted by molar-refractivity contribution is 7.99. The van der Waals surface area contributed by atoms with Crippen molar-refractivity contribution in [2.45, 2.75) is 22.6 Å². The molecule has 26 heavy (non-hydrogen) atoms. The van der Waals surface area contributed by atoms with Crippen LogP contribution in [0.3, 0.4) is 0 Å². The van der Waals surface area contributed by atoms with E-state index >= 15 is 0 Å². The third-order valence-electron chi connectivity index (χ3n) is 3.93. The molecule has 2 aromatic carbocycles. The van der Waals surface area contributed by atoms with Crippen LogP contribution in [0.2, 0.25) is 0 Å². The molecule has 0 radical (unpaired) electrons. The predicted molar refractivity (Wildman–Crippen MR) is 104 cm³/mol. The molecular formula is C19H15N3O2S2. The van der Waals surface area contributed by atoms with Crippen LogP contribution in [0.4, 0.5) is 16.5 Å². The highest BCUT2D eigenvalue weighted by Gasteiger charge is 2.27. The van der Waals surface area contributed by atoms with Gasteiger partial charge in [-0.25, -0.2) is 4.98 Å². The molecule has 0 atom stereocenters. The number of nitrogens with zero attached hydrogens (tertiary/aromatic N) is 2. The van der Waals surface area contributed by atoms with Crippen molar-refractivity contribution in [3.63, 3.8) is 0 Å². The maximum Gasteiger partial charge on any atom is 0.232 e. The Labute approximate surface area is 159 Å². The van der Waals surface area contributed by atoms with E-state index in [2.05, 4.69) is 10.3 Å². The fourth-order valence-corrected chi connectivity index (χ4v) is 4.38. The van der Waals surface area contributed by atoms with Gasteiger partial charge >= 0.3 is 0 Å². The molecule has 5 nitrogen and oxygen atoms in total. The van der Waals surface area contributed by atoms with Gasteiger partial charge in [0, 0.05) is 34.2 Å². The van der Waals surface area contributed by atoms with Crippen molar-refractivity contribution in [2.75, 3.05) is 10.2 Å². The summed E-state index contributed by atoms with van der Waals surface area (Å²) in [5, 5.41) is 5.05.